The standard InChI is InChI=1S/C21H25N3O3/c1-3-17(24-19-12-8-7-11-18(19)22-20(24)14-25)13-23(2)21(26)27-15-16-9-5-4-6-10-16/h4-12,17,25H,3,13-15H2,1-2H3/t17-/m0/s1. The minimum Gasteiger partial charge on any atom is -0.445 e. The van der Waals surface area contributed by atoms with Crippen LogP contribution in [0, 0.1) is 0 Å². The predicted octanol–water partition coefficient (Wildman–Crippen LogP) is 3.75. The molecule has 1 atom stereocenters. The molecule has 0 saturated carbocycles. The van der Waals surface area contributed by atoms with Gasteiger partial charge in [-0.3, -0.25) is 0 Å². The topological polar surface area (TPSA) is 67.6 Å². The number of hydrogen-bond donors (Lipinski definition) is 1. The van der Waals surface area contributed by atoms with Gasteiger partial charge in [-0.25, -0.2) is 9.78 Å². The third kappa shape index (κ3) is 4.28. The molecule has 0 bridgehead atoms. The molecule has 0 radical (unpaired) electrons. The Kier molecular flexibility index (Phi) is 6.08. The van der Waals surface area contributed by atoms with Crippen LogP contribution in [-0.4, -0.2) is 39.2 Å². The van der Waals surface area contributed by atoms with E-state index in [2.05, 4.69) is 11.9 Å². The van der Waals surface area contributed by atoms with Gasteiger partial charge in [0.15, 0.2) is 0 Å². The second kappa shape index (κ2) is 8.68. The molecule has 27 heavy (non-hydrogen) atoms. The summed E-state index contributed by atoms with van der Waals surface area (Å²) in [5, 5.41) is 9.73. The molecule has 0 aliphatic carbocycles. The maximum absolute atomic E-state index is 12.4. The van der Waals surface area contributed by atoms with Crippen LogP contribution in [0.25, 0.3) is 11.0 Å². The Labute approximate surface area is 159 Å². The first-order valence-electron chi connectivity index (χ1n) is 9.12. The second-order valence-corrected chi connectivity index (χ2v) is 6.53. The van der Waals surface area contributed by atoms with Crippen molar-refractivity contribution >= 4 is 17.1 Å². The molecule has 2 aromatic carbocycles. The van der Waals surface area contributed by atoms with Gasteiger partial charge in [-0.15, -0.1) is 0 Å². The van der Waals surface area contributed by atoms with E-state index >= 15 is 0 Å². The number of ether oxygens (including phenoxy) is 1. The van der Waals surface area contributed by atoms with Gasteiger partial charge in [0.2, 0.25) is 0 Å². The third-order valence-corrected chi connectivity index (χ3v) is 4.65. The lowest BCUT2D eigenvalue weighted by Crippen LogP contribution is -2.33. The fourth-order valence-electron chi connectivity index (χ4n) is 3.23. The maximum Gasteiger partial charge on any atom is 0.409 e. The highest BCUT2D eigenvalue weighted by molar-refractivity contribution is 5.76. The van der Waals surface area contributed by atoms with Gasteiger partial charge >= 0.3 is 6.09 Å². The summed E-state index contributed by atoms with van der Waals surface area (Å²) in [5.74, 6) is 0.606. The van der Waals surface area contributed by atoms with Crippen LogP contribution < -0.4 is 0 Å². The lowest BCUT2D eigenvalue weighted by Gasteiger charge is -2.25. The van der Waals surface area contributed by atoms with E-state index in [1.165, 1.54) is 0 Å². The first kappa shape index (κ1) is 18.9. The van der Waals surface area contributed by atoms with E-state index in [0.29, 0.717) is 12.4 Å². The number of amides is 1. The van der Waals surface area contributed by atoms with Crippen LogP contribution in [0.4, 0.5) is 4.79 Å². The van der Waals surface area contributed by atoms with Crippen LogP contribution in [-0.2, 0) is 18.0 Å². The molecule has 0 fully saturated rings. The zero-order valence-corrected chi connectivity index (χ0v) is 15.7. The third-order valence-electron chi connectivity index (χ3n) is 4.65. The highest BCUT2D eigenvalue weighted by Crippen LogP contribution is 2.24. The number of fused-ring (bicyclic) bond motifs is 1. The van der Waals surface area contributed by atoms with Crippen LogP contribution in [0.1, 0.15) is 30.8 Å². The first-order valence-corrected chi connectivity index (χ1v) is 9.12. The van der Waals surface area contributed by atoms with E-state index in [9.17, 15) is 9.90 Å². The SMILES string of the molecule is CC[C@@H](CN(C)C(=O)OCc1ccccc1)n1c(CO)nc2ccccc21. The molecule has 1 aromatic heterocycles. The molecule has 6 nitrogen and oxygen atoms in total. The summed E-state index contributed by atoms with van der Waals surface area (Å²) in [6.07, 6.45) is 0.427. The number of likely N-dealkylation sites (N-methyl/N-ethyl adjacent to an activating group) is 1. The number of aliphatic hydroxyl groups is 1. The lowest BCUT2D eigenvalue weighted by molar-refractivity contribution is 0.0994. The molecule has 3 aromatic rings. The van der Waals surface area contributed by atoms with Crippen molar-refractivity contribution in [2.45, 2.75) is 32.6 Å². The fourth-order valence-corrected chi connectivity index (χ4v) is 3.23. The Bertz CT molecular complexity index is 892. The molecule has 3 rings (SSSR count). The minimum atomic E-state index is -0.368. The van der Waals surface area contributed by atoms with E-state index in [1.54, 1.807) is 11.9 Å². The Hall–Kier alpha value is -2.86. The summed E-state index contributed by atoms with van der Waals surface area (Å²) in [7, 11) is 1.73. The average molecular weight is 367 g/mol. The second-order valence-electron chi connectivity index (χ2n) is 6.53. The van der Waals surface area contributed by atoms with Crippen LogP contribution in [0.2, 0.25) is 0 Å². The van der Waals surface area contributed by atoms with Crippen molar-refractivity contribution in [2.75, 3.05) is 13.6 Å². The molecular formula is C21H25N3O3. The van der Waals surface area contributed by atoms with E-state index in [1.807, 2.05) is 59.2 Å². The van der Waals surface area contributed by atoms with Crippen molar-refractivity contribution in [1.82, 2.24) is 14.5 Å². The number of nitrogens with zero attached hydrogens (tertiary/aromatic N) is 3. The average Bonchev–Trinajstić information content (AvgIpc) is 3.09. The number of imidazole rings is 1. The van der Waals surface area contributed by atoms with Gasteiger partial charge in [0.05, 0.1) is 17.1 Å². The Morgan fingerprint density at radius 2 is 1.89 bits per heavy atom. The minimum absolute atomic E-state index is 0.00572. The normalized spacial score (nSPS) is 12.1. The van der Waals surface area contributed by atoms with Gasteiger partial charge in [0, 0.05) is 13.6 Å². The Balaban J connectivity index is 1.72. The van der Waals surface area contributed by atoms with Crippen molar-refractivity contribution in [3.05, 3.63) is 66.0 Å². The largest absolute Gasteiger partial charge is 0.445 e. The molecule has 142 valence electrons. The summed E-state index contributed by atoms with van der Waals surface area (Å²) in [5.41, 5.74) is 2.75. The monoisotopic (exact) mass is 367 g/mol. The number of aromatic nitrogens is 2. The molecule has 6 heteroatoms. The van der Waals surface area contributed by atoms with Gasteiger partial charge in [-0.2, -0.15) is 0 Å². The van der Waals surface area contributed by atoms with E-state index < -0.39 is 0 Å². The quantitative estimate of drug-likeness (QED) is 0.691. The molecular weight excluding hydrogens is 342 g/mol. The number of benzene rings is 2. The van der Waals surface area contributed by atoms with Crippen molar-refractivity contribution < 1.29 is 14.6 Å². The van der Waals surface area contributed by atoms with Crippen molar-refractivity contribution in [2.24, 2.45) is 0 Å². The molecule has 1 heterocycles. The number of carbonyl (C=O) groups is 1. The molecule has 1 amide bonds. The van der Waals surface area contributed by atoms with Gasteiger partial charge in [0.25, 0.3) is 0 Å². The van der Waals surface area contributed by atoms with Gasteiger partial charge in [-0.05, 0) is 24.1 Å². The van der Waals surface area contributed by atoms with Gasteiger partial charge in [-0.1, -0.05) is 49.4 Å². The smallest absolute Gasteiger partial charge is 0.409 e. The van der Waals surface area contributed by atoms with Crippen molar-refractivity contribution in [1.29, 1.82) is 0 Å². The summed E-state index contributed by atoms with van der Waals surface area (Å²) >= 11 is 0. The van der Waals surface area contributed by atoms with E-state index in [-0.39, 0.29) is 25.3 Å². The molecule has 0 aliphatic rings. The molecule has 0 spiro atoms. The molecule has 0 saturated heterocycles. The lowest BCUT2D eigenvalue weighted by atomic mass is 10.2. The summed E-state index contributed by atoms with van der Waals surface area (Å²) < 4.78 is 7.43. The molecule has 0 unspecified atom stereocenters. The van der Waals surface area contributed by atoms with Crippen molar-refractivity contribution in [3.63, 3.8) is 0 Å². The highest BCUT2D eigenvalue weighted by Gasteiger charge is 2.21. The summed E-state index contributed by atoms with van der Waals surface area (Å²) in [6, 6.07) is 17.4. The number of para-hydroxylation sites is 2. The number of carbonyl (C=O) groups excluding carboxylic acids is 1. The Morgan fingerprint density at radius 1 is 1.19 bits per heavy atom. The van der Waals surface area contributed by atoms with Gasteiger partial charge < -0.3 is 19.3 Å². The molecule has 0 aliphatic heterocycles. The van der Waals surface area contributed by atoms with Crippen LogP contribution in [0.3, 0.4) is 0 Å². The summed E-state index contributed by atoms with van der Waals surface area (Å²) in [4.78, 5) is 18.5. The maximum atomic E-state index is 12.4. The zero-order chi connectivity index (χ0) is 19.2. The Morgan fingerprint density at radius 3 is 2.59 bits per heavy atom. The first-order chi connectivity index (χ1) is 13.1. The summed E-state index contributed by atoms with van der Waals surface area (Å²) in [6.45, 7) is 2.63. The molecule has 1 N–H and O–H groups in total. The zero-order valence-electron chi connectivity index (χ0n) is 15.7. The highest BCUT2D eigenvalue weighted by atomic mass is 16.6. The number of aliphatic hydroxyl groups excluding tert-OH is 1. The van der Waals surface area contributed by atoms with E-state index in [4.69, 9.17) is 4.74 Å². The number of rotatable bonds is 7. The van der Waals surface area contributed by atoms with Gasteiger partial charge in [0.1, 0.15) is 19.0 Å². The fraction of sp³-hybridized carbons (Fsp3) is 0.333. The van der Waals surface area contributed by atoms with Crippen LogP contribution in [0.15, 0.2) is 54.6 Å². The van der Waals surface area contributed by atoms with Crippen molar-refractivity contribution in [3.8, 4) is 0 Å². The van der Waals surface area contributed by atoms with Crippen LogP contribution >= 0.6 is 0 Å². The number of hydrogen-bond acceptors (Lipinski definition) is 4. The van der Waals surface area contributed by atoms with Crippen LogP contribution in [0.5, 0.6) is 0 Å². The van der Waals surface area contributed by atoms with E-state index in [0.717, 1.165) is 23.0 Å². The predicted molar refractivity (Wildman–Crippen MR) is 104 cm³/mol.